The largest absolute Gasteiger partial charge is 0.336 e. The van der Waals surface area contributed by atoms with Crippen LogP contribution in [-0.4, -0.2) is 62.2 Å². The zero-order valence-corrected chi connectivity index (χ0v) is 19.4. The SMILES string of the molecule is O=C(c1ccc(N2CCCCC2=O)cc1)N1CCN(S(=O)(=O)c2ccccc2Br)CC1. The Labute approximate surface area is 190 Å². The van der Waals surface area contributed by atoms with Gasteiger partial charge in [0.2, 0.25) is 15.9 Å². The monoisotopic (exact) mass is 505 g/mol. The molecule has 0 aromatic heterocycles. The second-order valence-corrected chi connectivity index (χ2v) is 10.4. The maximum absolute atomic E-state index is 12.9. The van der Waals surface area contributed by atoms with E-state index in [1.165, 1.54) is 4.31 Å². The van der Waals surface area contributed by atoms with Gasteiger partial charge in [0.05, 0.1) is 4.90 Å². The molecule has 2 fully saturated rings. The maximum Gasteiger partial charge on any atom is 0.253 e. The predicted molar refractivity (Wildman–Crippen MR) is 121 cm³/mol. The van der Waals surface area contributed by atoms with Crippen LogP contribution in [0.25, 0.3) is 0 Å². The topological polar surface area (TPSA) is 78.0 Å². The highest BCUT2D eigenvalue weighted by Crippen LogP contribution is 2.26. The number of hydrogen-bond donors (Lipinski definition) is 0. The highest BCUT2D eigenvalue weighted by Gasteiger charge is 2.31. The molecule has 0 bridgehead atoms. The summed E-state index contributed by atoms with van der Waals surface area (Å²) >= 11 is 3.31. The second kappa shape index (κ2) is 9.10. The Bertz CT molecular complexity index is 1080. The molecule has 0 aliphatic carbocycles. The third-order valence-electron chi connectivity index (χ3n) is 5.73. The van der Waals surface area contributed by atoms with Crippen molar-refractivity contribution in [1.82, 2.24) is 9.21 Å². The zero-order valence-electron chi connectivity index (χ0n) is 17.0. The number of halogens is 1. The van der Waals surface area contributed by atoms with Gasteiger partial charge in [0.15, 0.2) is 0 Å². The van der Waals surface area contributed by atoms with Crippen LogP contribution in [0.1, 0.15) is 29.6 Å². The fraction of sp³-hybridized carbons (Fsp3) is 0.364. The summed E-state index contributed by atoms with van der Waals surface area (Å²) in [5.74, 6) is -0.0119. The molecule has 2 amide bonds. The Hall–Kier alpha value is -2.23. The normalized spacial score (nSPS) is 18.3. The quantitative estimate of drug-likeness (QED) is 0.639. The molecule has 2 aromatic carbocycles. The Balaban J connectivity index is 1.40. The fourth-order valence-electron chi connectivity index (χ4n) is 3.97. The lowest BCUT2D eigenvalue weighted by Crippen LogP contribution is -2.50. The van der Waals surface area contributed by atoms with Crippen LogP contribution in [0, 0.1) is 0 Å². The number of amides is 2. The minimum absolute atomic E-state index is 0.118. The summed E-state index contributed by atoms with van der Waals surface area (Å²) in [4.78, 5) is 28.7. The number of sulfonamides is 1. The number of hydrogen-bond acceptors (Lipinski definition) is 4. The van der Waals surface area contributed by atoms with E-state index in [-0.39, 0.29) is 29.8 Å². The molecule has 31 heavy (non-hydrogen) atoms. The molecule has 0 spiro atoms. The van der Waals surface area contributed by atoms with Crippen LogP contribution in [0.2, 0.25) is 0 Å². The molecular formula is C22H24BrN3O4S. The molecule has 7 nitrogen and oxygen atoms in total. The molecule has 2 heterocycles. The Morgan fingerprint density at radius 2 is 1.55 bits per heavy atom. The Morgan fingerprint density at radius 3 is 2.19 bits per heavy atom. The van der Waals surface area contributed by atoms with E-state index in [4.69, 9.17) is 0 Å². The summed E-state index contributed by atoms with van der Waals surface area (Å²) < 4.78 is 27.8. The van der Waals surface area contributed by atoms with Crippen molar-refractivity contribution >= 4 is 43.5 Å². The van der Waals surface area contributed by atoms with E-state index in [1.54, 1.807) is 46.2 Å². The molecule has 2 aliphatic heterocycles. The van der Waals surface area contributed by atoms with Crippen LogP contribution in [0.3, 0.4) is 0 Å². The van der Waals surface area contributed by atoms with Gasteiger partial charge in [-0.15, -0.1) is 0 Å². The first-order chi connectivity index (χ1) is 14.9. The number of carbonyl (C=O) groups is 2. The van der Waals surface area contributed by atoms with Crippen LogP contribution >= 0.6 is 15.9 Å². The Morgan fingerprint density at radius 1 is 0.871 bits per heavy atom. The van der Waals surface area contributed by atoms with Crippen LogP contribution in [0.4, 0.5) is 5.69 Å². The lowest BCUT2D eigenvalue weighted by Gasteiger charge is -2.34. The van der Waals surface area contributed by atoms with Crippen molar-refractivity contribution in [2.75, 3.05) is 37.6 Å². The molecule has 9 heteroatoms. The van der Waals surface area contributed by atoms with E-state index >= 15 is 0 Å². The number of nitrogens with zero attached hydrogens (tertiary/aromatic N) is 3. The van der Waals surface area contributed by atoms with Gasteiger partial charge in [0, 0.05) is 54.9 Å². The van der Waals surface area contributed by atoms with E-state index in [0.29, 0.717) is 36.1 Å². The molecule has 4 rings (SSSR count). The number of anilines is 1. The van der Waals surface area contributed by atoms with Gasteiger partial charge >= 0.3 is 0 Å². The fourth-order valence-corrected chi connectivity index (χ4v) is 6.36. The van der Waals surface area contributed by atoms with Gasteiger partial charge in [0.25, 0.3) is 5.91 Å². The highest BCUT2D eigenvalue weighted by atomic mass is 79.9. The third kappa shape index (κ3) is 4.53. The van der Waals surface area contributed by atoms with Crippen LogP contribution < -0.4 is 4.90 Å². The highest BCUT2D eigenvalue weighted by molar-refractivity contribution is 9.10. The van der Waals surface area contributed by atoms with Gasteiger partial charge in [-0.3, -0.25) is 9.59 Å². The lowest BCUT2D eigenvalue weighted by atomic mass is 10.1. The standard InChI is InChI=1S/C22H24BrN3O4S/c23-19-5-1-2-6-20(19)31(29,30)25-15-13-24(14-16-25)22(28)17-8-10-18(11-9-17)26-12-4-3-7-21(26)27/h1-2,5-6,8-11H,3-4,7,12-16H2. The second-order valence-electron chi connectivity index (χ2n) is 7.68. The Kier molecular flexibility index (Phi) is 6.45. The molecule has 2 saturated heterocycles. The van der Waals surface area contributed by atoms with Crippen molar-refractivity contribution in [1.29, 1.82) is 0 Å². The van der Waals surface area contributed by atoms with E-state index in [0.717, 1.165) is 18.5 Å². The minimum Gasteiger partial charge on any atom is -0.336 e. The van der Waals surface area contributed by atoms with Crippen LogP contribution in [0.15, 0.2) is 57.9 Å². The predicted octanol–water partition coefficient (Wildman–Crippen LogP) is 3.11. The molecule has 0 N–H and O–H groups in total. The van der Waals surface area contributed by atoms with Crippen molar-refractivity contribution in [3.8, 4) is 0 Å². The summed E-state index contributed by atoms with van der Waals surface area (Å²) in [6, 6.07) is 13.8. The summed E-state index contributed by atoms with van der Waals surface area (Å²) in [6.07, 6.45) is 2.47. The number of piperidine rings is 1. The van der Waals surface area contributed by atoms with Crippen molar-refractivity contribution in [3.63, 3.8) is 0 Å². The average Bonchev–Trinajstić information content (AvgIpc) is 2.79. The first kappa shape index (κ1) is 22.0. The molecule has 164 valence electrons. The first-order valence-corrected chi connectivity index (χ1v) is 12.6. The first-order valence-electron chi connectivity index (χ1n) is 10.3. The molecule has 2 aromatic rings. The molecule has 2 aliphatic rings. The van der Waals surface area contributed by atoms with E-state index in [1.807, 2.05) is 12.1 Å². The number of piperazine rings is 1. The number of benzene rings is 2. The summed E-state index contributed by atoms with van der Waals surface area (Å²) in [5.41, 5.74) is 1.35. The smallest absolute Gasteiger partial charge is 0.253 e. The van der Waals surface area contributed by atoms with Crippen molar-refractivity contribution < 1.29 is 18.0 Å². The van der Waals surface area contributed by atoms with E-state index in [2.05, 4.69) is 15.9 Å². The third-order valence-corrected chi connectivity index (χ3v) is 8.64. The summed E-state index contributed by atoms with van der Waals surface area (Å²) in [5, 5.41) is 0. The van der Waals surface area contributed by atoms with E-state index in [9.17, 15) is 18.0 Å². The summed E-state index contributed by atoms with van der Waals surface area (Å²) in [7, 11) is -3.62. The molecule has 0 saturated carbocycles. The van der Waals surface area contributed by atoms with E-state index < -0.39 is 10.0 Å². The van der Waals surface area contributed by atoms with Gasteiger partial charge < -0.3 is 9.80 Å². The average molecular weight is 506 g/mol. The van der Waals surface area contributed by atoms with Crippen LogP contribution in [0.5, 0.6) is 0 Å². The molecule has 0 unspecified atom stereocenters. The lowest BCUT2D eigenvalue weighted by molar-refractivity contribution is -0.119. The maximum atomic E-state index is 12.9. The van der Waals surface area contributed by atoms with Crippen molar-refractivity contribution in [2.24, 2.45) is 0 Å². The van der Waals surface area contributed by atoms with Gasteiger partial charge in [-0.25, -0.2) is 8.42 Å². The number of rotatable bonds is 4. The van der Waals surface area contributed by atoms with Crippen LogP contribution in [-0.2, 0) is 14.8 Å². The minimum atomic E-state index is -3.62. The van der Waals surface area contributed by atoms with Crippen molar-refractivity contribution in [3.05, 3.63) is 58.6 Å². The van der Waals surface area contributed by atoms with Gasteiger partial charge in [0.1, 0.15) is 0 Å². The molecule has 0 atom stereocenters. The zero-order chi connectivity index (χ0) is 22.0. The molecular weight excluding hydrogens is 482 g/mol. The van der Waals surface area contributed by atoms with Crippen molar-refractivity contribution in [2.45, 2.75) is 24.2 Å². The van der Waals surface area contributed by atoms with Gasteiger partial charge in [-0.05, 0) is 65.2 Å². The summed E-state index contributed by atoms with van der Waals surface area (Å²) in [6.45, 7) is 1.86. The van der Waals surface area contributed by atoms with Gasteiger partial charge in [-0.2, -0.15) is 4.31 Å². The van der Waals surface area contributed by atoms with Gasteiger partial charge in [-0.1, -0.05) is 12.1 Å². The number of carbonyl (C=O) groups excluding carboxylic acids is 2. The molecule has 0 radical (unpaired) electrons.